The van der Waals surface area contributed by atoms with Gasteiger partial charge in [0.2, 0.25) is 0 Å². The number of nitrogens with one attached hydrogen (secondary N) is 1. The first-order chi connectivity index (χ1) is 14.8. The predicted molar refractivity (Wildman–Crippen MR) is 125 cm³/mol. The van der Waals surface area contributed by atoms with Gasteiger partial charge in [-0.15, -0.1) is 0 Å². The van der Waals surface area contributed by atoms with Crippen LogP contribution in [0.3, 0.4) is 0 Å². The van der Waals surface area contributed by atoms with Crippen molar-refractivity contribution in [3.8, 4) is 0 Å². The Balaban J connectivity index is 1.22. The van der Waals surface area contributed by atoms with Crippen LogP contribution >= 0.6 is 0 Å². The fourth-order valence-corrected chi connectivity index (χ4v) is 5.50. The first kappa shape index (κ1) is 21.4. The van der Waals surface area contributed by atoms with Crippen molar-refractivity contribution < 1.29 is 0 Å². The van der Waals surface area contributed by atoms with Crippen LogP contribution in [0.5, 0.6) is 0 Å². The second-order valence-corrected chi connectivity index (χ2v) is 9.59. The number of aromatic amines is 1. The highest BCUT2D eigenvalue weighted by molar-refractivity contribution is 5.27. The Morgan fingerprint density at radius 2 is 1.37 bits per heavy atom. The third-order valence-electron chi connectivity index (χ3n) is 7.49. The van der Waals surface area contributed by atoms with Gasteiger partial charge in [0, 0.05) is 18.3 Å². The number of nitrogens with zero attached hydrogens (tertiary/aromatic N) is 1. The number of piperidine rings is 1. The minimum Gasteiger partial charge on any atom is -0.329 e. The van der Waals surface area contributed by atoms with Gasteiger partial charge in [0.05, 0.1) is 0 Å². The topological polar surface area (TPSA) is 36.1 Å². The van der Waals surface area contributed by atoms with Crippen LogP contribution in [0.25, 0.3) is 0 Å². The third kappa shape index (κ3) is 6.07. The van der Waals surface area contributed by atoms with Crippen molar-refractivity contribution in [3.05, 3.63) is 69.6 Å². The van der Waals surface area contributed by atoms with Gasteiger partial charge in [-0.3, -0.25) is 9.69 Å². The molecule has 1 saturated heterocycles. The van der Waals surface area contributed by atoms with Crippen molar-refractivity contribution >= 4 is 0 Å². The number of likely N-dealkylation sites (tertiary alicyclic amines) is 1. The fourth-order valence-electron chi connectivity index (χ4n) is 5.50. The van der Waals surface area contributed by atoms with Gasteiger partial charge < -0.3 is 4.98 Å². The zero-order valence-electron chi connectivity index (χ0n) is 18.5. The molecule has 1 aromatic heterocycles. The van der Waals surface area contributed by atoms with E-state index in [1.54, 1.807) is 17.3 Å². The highest BCUT2D eigenvalue weighted by Crippen LogP contribution is 2.29. The maximum absolute atomic E-state index is 11.9. The molecule has 0 unspecified atom stereocenters. The quantitative estimate of drug-likeness (QED) is 0.607. The number of H-pyrrole nitrogens is 1. The first-order valence-corrected chi connectivity index (χ1v) is 12.2. The Hall–Kier alpha value is -1.87. The molecule has 30 heavy (non-hydrogen) atoms. The Morgan fingerprint density at radius 1 is 0.767 bits per heavy atom. The van der Waals surface area contributed by atoms with Crippen LogP contribution in [0.1, 0.15) is 74.5 Å². The van der Waals surface area contributed by atoms with Gasteiger partial charge in [-0.2, -0.15) is 0 Å². The normalized spacial score (nSPS) is 19.2. The molecule has 1 aliphatic carbocycles. The number of pyridine rings is 1. The molecule has 0 spiro atoms. The average molecular weight is 407 g/mol. The van der Waals surface area contributed by atoms with E-state index in [1.807, 2.05) is 12.1 Å². The van der Waals surface area contributed by atoms with E-state index in [2.05, 4.69) is 34.1 Å². The Labute approximate surface area is 181 Å². The summed E-state index contributed by atoms with van der Waals surface area (Å²) in [7, 11) is 0. The van der Waals surface area contributed by atoms with Crippen molar-refractivity contribution in [2.75, 3.05) is 13.1 Å². The number of aryl methyl sites for hydroxylation is 2. The summed E-state index contributed by atoms with van der Waals surface area (Å²) in [6, 6.07) is 13.1. The van der Waals surface area contributed by atoms with Gasteiger partial charge in [0.1, 0.15) is 0 Å². The van der Waals surface area contributed by atoms with E-state index >= 15 is 0 Å². The molecule has 1 aliphatic heterocycles. The van der Waals surface area contributed by atoms with E-state index in [1.165, 1.54) is 70.6 Å². The van der Waals surface area contributed by atoms with Crippen molar-refractivity contribution in [2.45, 2.75) is 77.2 Å². The summed E-state index contributed by atoms with van der Waals surface area (Å²) >= 11 is 0. The molecule has 1 saturated carbocycles. The SMILES string of the molecule is O=c1[nH]cccc1CN1CCC(CCc2ccccc2CCC2CCCCC2)CC1. The van der Waals surface area contributed by atoms with Gasteiger partial charge in [0.15, 0.2) is 0 Å². The van der Waals surface area contributed by atoms with Crippen LogP contribution in [0.4, 0.5) is 0 Å². The average Bonchev–Trinajstić information content (AvgIpc) is 2.80. The van der Waals surface area contributed by atoms with Gasteiger partial charge in [-0.1, -0.05) is 62.4 Å². The highest BCUT2D eigenvalue weighted by atomic mass is 16.1. The summed E-state index contributed by atoms with van der Waals surface area (Å²) < 4.78 is 0. The molecule has 0 atom stereocenters. The Bertz CT molecular complexity index is 829. The van der Waals surface area contributed by atoms with Crippen LogP contribution in [-0.2, 0) is 19.4 Å². The smallest absolute Gasteiger partial charge is 0.252 e. The van der Waals surface area contributed by atoms with E-state index in [9.17, 15) is 4.79 Å². The third-order valence-corrected chi connectivity index (χ3v) is 7.49. The molecule has 0 bridgehead atoms. The number of benzene rings is 1. The van der Waals surface area contributed by atoms with E-state index in [0.717, 1.165) is 37.0 Å². The summed E-state index contributed by atoms with van der Waals surface area (Å²) in [6.07, 6.45) is 16.7. The highest BCUT2D eigenvalue weighted by Gasteiger charge is 2.20. The molecule has 2 heterocycles. The second-order valence-electron chi connectivity index (χ2n) is 9.59. The van der Waals surface area contributed by atoms with Gasteiger partial charge in [-0.05, 0) is 80.6 Å². The number of hydrogen-bond donors (Lipinski definition) is 1. The minimum absolute atomic E-state index is 0.0597. The molecule has 2 aliphatic rings. The van der Waals surface area contributed by atoms with Crippen LogP contribution in [0.15, 0.2) is 47.4 Å². The lowest BCUT2D eigenvalue weighted by molar-refractivity contribution is 0.172. The zero-order valence-corrected chi connectivity index (χ0v) is 18.5. The van der Waals surface area contributed by atoms with Crippen molar-refractivity contribution in [2.24, 2.45) is 11.8 Å². The molecule has 0 radical (unpaired) electrons. The van der Waals surface area contributed by atoms with Gasteiger partial charge in [-0.25, -0.2) is 0 Å². The molecule has 1 N–H and O–H groups in total. The largest absolute Gasteiger partial charge is 0.329 e. The fraction of sp³-hybridized carbons (Fsp3) is 0.593. The van der Waals surface area contributed by atoms with E-state index in [4.69, 9.17) is 0 Å². The summed E-state index contributed by atoms with van der Waals surface area (Å²) in [5, 5.41) is 0. The lowest BCUT2D eigenvalue weighted by Crippen LogP contribution is -2.35. The summed E-state index contributed by atoms with van der Waals surface area (Å²) in [5.41, 5.74) is 4.14. The maximum Gasteiger partial charge on any atom is 0.252 e. The molecule has 1 aromatic carbocycles. The van der Waals surface area contributed by atoms with Gasteiger partial charge >= 0.3 is 0 Å². The Kier molecular flexibility index (Phi) is 7.80. The van der Waals surface area contributed by atoms with Crippen LogP contribution < -0.4 is 5.56 Å². The van der Waals surface area contributed by atoms with Crippen LogP contribution in [-0.4, -0.2) is 23.0 Å². The standard InChI is InChI=1S/C27H38N2O/c30-27-26(11-6-18-28-27)21-29-19-16-23(17-20-29)13-15-25-10-5-4-9-24(25)14-12-22-7-2-1-3-8-22/h4-6,9-11,18,22-23H,1-3,7-8,12-17,19-21H2,(H,28,30). The number of hydrogen-bond acceptors (Lipinski definition) is 2. The summed E-state index contributed by atoms with van der Waals surface area (Å²) in [4.78, 5) is 17.2. The van der Waals surface area contributed by atoms with E-state index < -0.39 is 0 Å². The van der Waals surface area contributed by atoms with Crippen molar-refractivity contribution in [1.29, 1.82) is 0 Å². The maximum atomic E-state index is 11.9. The van der Waals surface area contributed by atoms with Crippen molar-refractivity contribution in [3.63, 3.8) is 0 Å². The second kappa shape index (κ2) is 10.9. The molecular weight excluding hydrogens is 368 g/mol. The minimum atomic E-state index is 0.0597. The molecule has 0 amide bonds. The molecular formula is C27H38N2O. The zero-order chi connectivity index (χ0) is 20.6. The molecule has 4 rings (SSSR count). The van der Waals surface area contributed by atoms with Crippen LogP contribution in [0, 0.1) is 11.8 Å². The molecule has 3 nitrogen and oxygen atoms in total. The first-order valence-electron chi connectivity index (χ1n) is 12.2. The number of aromatic nitrogens is 1. The van der Waals surface area contributed by atoms with E-state index in [0.29, 0.717) is 0 Å². The monoisotopic (exact) mass is 406 g/mol. The van der Waals surface area contributed by atoms with Gasteiger partial charge in [0.25, 0.3) is 5.56 Å². The molecule has 2 fully saturated rings. The molecule has 162 valence electrons. The van der Waals surface area contributed by atoms with Crippen molar-refractivity contribution in [1.82, 2.24) is 9.88 Å². The molecule has 2 aromatic rings. The lowest BCUT2D eigenvalue weighted by atomic mass is 9.84. The lowest BCUT2D eigenvalue weighted by Gasteiger charge is -2.32. The number of rotatable bonds is 8. The summed E-state index contributed by atoms with van der Waals surface area (Å²) in [5.74, 6) is 1.79. The van der Waals surface area contributed by atoms with E-state index in [-0.39, 0.29) is 5.56 Å². The summed E-state index contributed by atoms with van der Waals surface area (Å²) in [6.45, 7) is 3.01. The predicted octanol–water partition coefficient (Wildman–Crippen LogP) is 5.73. The van der Waals surface area contributed by atoms with Crippen LogP contribution in [0.2, 0.25) is 0 Å². The molecule has 3 heteroatoms. The Morgan fingerprint density at radius 3 is 2.00 bits per heavy atom.